The van der Waals surface area contributed by atoms with E-state index >= 15 is 0 Å². The van der Waals surface area contributed by atoms with Crippen LogP contribution in [0.3, 0.4) is 0 Å². The van der Waals surface area contributed by atoms with Crippen LogP contribution in [0.2, 0.25) is 0 Å². The van der Waals surface area contributed by atoms with Gasteiger partial charge in [0.1, 0.15) is 0 Å². The van der Waals surface area contributed by atoms with Gasteiger partial charge in [0.15, 0.2) is 5.96 Å². The van der Waals surface area contributed by atoms with Crippen molar-refractivity contribution in [2.75, 3.05) is 46.3 Å². The number of likely N-dealkylation sites (N-methyl/N-ethyl adjacent to an activating group) is 1. The summed E-state index contributed by atoms with van der Waals surface area (Å²) < 4.78 is 36.8. The molecule has 5 nitrogen and oxygen atoms in total. The predicted octanol–water partition coefficient (Wildman–Crippen LogP) is 2.44. The van der Waals surface area contributed by atoms with E-state index in [9.17, 15) is 13.2 Å². The van der Waals surface area contributed by atoms with Crippen LogP contribution in [0.4, 0.5) is 13.2 Å². The van der Waals surface area contributed by atoms with E-state index < -0.39 is 12.6 Å². The van der Waals surface area contributed by atoms with Crippen molar-refractivity contribution >= 4 is 5.96 Å². The fourth-order valence-electron chi connectivity index (χ4n) is 2.85. The summed E-state index contributed by atoms with van der Waals surface area (Å²) in [5, 5.41) is 5.69. The third kappa shape index (κ3) is 8.62. The quantitative estimate of drug-likeness (QED) is 0.559. The number of piperazine rings is 1. The molecule has 1 aliphatic heterocycles. The highest BCUT2D eigenvalue weighted by atomic mass is 19.4. The monoisotopic (exact) mass is 385 g/mol. The van der Waals surface area contributed by atoms with E-state index in [0.717, 1.165) is 38.3 Å². The molecule has 0 aromatic heterocycles. The Bertz CT molecular complexity index is 578. The molecular weight excluding hydrogens is 355 g/mol. The molecule has 1 heterocycles. The lowest BCUT2D eigenvalue weighted by molar-refractivity contribution is -0.132. The number of guanidine groups is 1. The van der Waals surface area contributed by atoms with Crippen LogP contribution < -0.4 is 10.6 Å². The van der Waals surface area contributed by atoms with E-state index in [2.05, 4.69) is 44.6 Å². The molecule has 0 atom stereocenters. The first-order valence-electron chi connectivity index (χ1n) is 9.43. The van der Waals surface area contributed by atoms with Crippen molar-refractivity contribution in [1.82, 2.24) is 20.4 Å². The molecule has 0 spiro atoms. The molecule has 1 aromatic carbocycles. The van der Waals surface area contributed by atoms with E-state index in [-0.39, 0.29) is 6.54 Å². The molecule has 2 N–H and O–H groups in total. The van der Waals surface area contributed by atoms with Crippen molar-refractivity contribution in [3.8, 4) is 0 Å². The van der Waals surface area contributed by atoms with E-state index in [4.69, 9.17) is 0 Å². The molecule has 152 valence electrons. The largest absolute Gasteiger partial charge is 0.390 e. The summed E-state index contributed by atoms with van der Waals surface area (Å²) in [4.78, 5) is 9.15. The van der Waals surface area contributed by atoms with Crippen LogP contribution in [-0.4, -0.2) is 68.3 Å². The Morgan fingerprint density at radius 3 is 2.26 bits per heavy atom. The summed E-state index contributed by atoms with van der Waals surface area (Å²) >= 11 is 0. The maximum absolute atomic E-state index is 12.3. The van der Waals surface area contributed by atoms with Gasteiger partial charge in [0, 0.05) is 45.8 Å². The molecule has 1 aromatic rings. The number of aliphatic imine (C=N–C) groups is 1. The van der Waals surface area contributed by atoms with E-state index in [0.29, 0.717) is 19.0 Å². The van der Waals surface area contributed by atoms with Crippen molar-refractivity contribution < 1.29 is 13.2 Å². The molecule has 8 heteroatoms. The summed E-state index contributed by atoms with van der Waals surface area (Å²) in [5.74, 6) is 0.406. The number of hydrogen-bond acceptors (Lipinski definition) is 3. The fraction of sp³-hybridized carbons (Fsp3) is 0.632. The third-order valence-electron chi connectivity index (χ3n) is 4.49. The Hall–Kier alpha value is -1.80. The molecule has 1 saturated heterocycles. The molecule has 0 saturated carbocycles. The van der Waals surface area contributed by atoms with Gasteiger partial charge in [-0.25, -0.2) is 4.99 Å². The topological polar surface area (TPSA) is 42.9 Å². The standard InChI is InChI=1S/C19H30F3N5/c1-3-23-18(24-9-8-19(20,21)22)25-14-16-4-6-17(7-5-16)15-27-12-10-26(2)11-13-27/h4-7H,3,8-15H2,1-2H3,(H2,23,24,25). The molecule has 2 rings (SSSR count). The summed E-state index contributed by atoms with van der Waals surface area (Å²) in [6.07, 6.45) is -5.04. The van der Waals surface area contributed by atoms with E-state index in [1.807, 2.05) is 19.1 Å². The normalized spacial score (nSPS) is 17.1. The highest BCUT2D eigenvalue weighted by Crippen LogP contribution is 2.18. The molecule has 0 radical (unpaired) electrons. The first-order chi connectivity index (χ1) is 12.9. The number of nitrogens with zero attached hydrogens (tertiary/aromatic N) is 3. The average molecular weight is 385 g/mol. The second kappa shape index (κ2) is 10.5. The van der Waals surface area contributed by atoms with Crippen molar-refractivity contribution in [3.63, 3.8) is 0 Å². The number of nitrogens with one attached hydrogen (secondary N) is 2. The minimum atomic E-state index is -4.16. The first-order valence-corrected chi connectivity index (χ1v) is 9.43. The molecule has 0 bridgehead atoms. The zero-order chi connectivity index (χ0) is 19.7. The van der Waals surface area contributed by atoms with Gasteiger partial charge >= 0.3 is 6.18 Å². The third-order valence-corrected chi connectivity index (χ3v) is 4.49. The summed E-state index contributed by atoms with van der Waals surface area (Å²) in [5.41, 5.74) is 2.30. The van der Waals surface area contributed by atoms with Crippen LogP contribution in [-0.2, 0) is 13.1 Å². The molecular formula is C19H30F3N5. The Morgan fingerprint density at radius 2 is 1.67 bits per heavy atom. The lowest BCUT2D eigenvalue weighted by Gasteiger charge is -2.32. The SMILES string of the molecule is CCNC(=NCc1ccc(CN2CCN(C)CC2)cc1)NCCC(F)(F)F. The Kier molecular flexibility index (Phi) is 8.37. The first kappa shape index (κ1) is 21.5. The van der Waals surface area contributed by atoms with Crippen molar-refractivity contribution in [3.05, 3.63) is 35.4 Å². The van der Waals surface area contributed by atoms with Crippen LogP contribution in [0.5, 0.6) is 0 Å². The van der Waals surface area contributed by atoms with Gasteiger partial charge in [-0.3, -0.25) is 4.90 Å². The van der Waals surface area contributed by atoms with Gasteiger partial charge < -0.3 is 15.5 Å². The van der Waals surface area contributed by atoms with Gasteiger partial charge in [-0.05, 0) is 25.1 Å². The Morgan fingerprint density at radius 1 is 1.04 bits per heavy atom. The Labute approximate surface area is 159 Å². The highest BCUT2D eigenvalue weighted by Gasteiger charge is 2.26. The van der Waals surface area contributed by atoms with E-state index in [1.54, 1.807) is 0 Å². The number of alkyl halides is 3. The summed E-state index contributed by atoms with van der Waals surface area (Å²) in [6.45, 7) is 8.03. The molecule has 0 aliphatic carbocycles. The second-order valence-corrected chi connectivity index (χ2v) is 6.88. The second-order valence-electron chi connectivity index (χ2n) is 6.88. The summed E-state index contributed by atoms with van der Waals surface area (Å²) in [6, 6.07) is 8.28. The fourth-order valence-corrected chi connectivity index (χ4v) is 2.85. The minimum Gasteiger partial charge on any atom is -0.357 e. The molecule has 1 aliphatic rings. The molecule has 0 unspecified atom stereocenters. The lowest BCUT2D eigenvalue weighted by atomic mass is 10.1. The van der Waals surface area contributed by atoms with Crippen LogP contribution in [0.15, 0.2) is 29.3 Å². The number of benzene rings is 1. The zero-order valence-electron chi connectivity index (χ0n) is 16.1. The lowest BCUT2D eigenvalue weighted by Crippen LogP contribution is -2.43. The molecule has 27 heavy (non-hydrogen) atoms. The van der Waals surface area contributed by atoms with Crippen LogP contribution in [0.25, 0.3) is 0 Å². The number of halogens is 3. The molecule has 0 amide bonds. The number of hydrogen-bond donors (Lipinski definition) is 2. The van der Waals surface area contributed by atoms with Gasteiger partial charge in [0.25, 0.3) is 0 Å². The van der Waals surface area contributed by atoms with Gasteiger partial charge in [-0.2, -0.15) is 13.2 Å². The van der Waals surface area contributed by atoms with Gasteiger partial charge in [-0.1, -0.05) is 24.3 Å². The average Bonchev–Trinajstić information content (AvgIpc) is 2.62. The Balaban J connectivity index is 1.83. The van der Waals surface area contributed by atoms with Crippen molar-refractivity contribution in [1.29, 1.82) is 0 Å². The van der Waals surface area contributed by atoms with Crippen LogP contribution in [0, 0.1) is 0 Å². The van der Waals surface area contributed by atoms with Crippen LogP contribution in [0.1, 0.15) is 24.5 Å². The molecule has 1 fully saturated rings. The van der Waals surface area contributed by atoms with Gasteiger partial charge in [0.2, 0.25) is 0 Å². The zero-order valence-corrected chi connectivity index (χ0v) is 16.1. The van der Waals surface area contributed by atoms with Crippen LogP contribution >= 0.6 is 0 Å². The smallest absolute Gasteiger partial charge is 0.357 e. The van der Waals surface area contributed by atoms with Crippen molar-refractivity contribution in [2.45, 2.75) is 32.6 Å². The van der Waals surface area contributed by atoms with Gasteiger partial charge in [-0.15, -0.1) is 0 Å². The highest BCUT2D eigenvalue weighted by molar-refractivity contribution is 5.79. The summed E-state index contributed by atoms with van der Waals surface area (Å²) in [7, 11) is 2.15. The maximum Gasteiger partial charge on any atom is 0.390 e. The maximum atomic E-state index is 12.3. The van der Waals surface area contributed by atoms with Crippen molar-refractivity contribution in [2.24, 2.45) is 4.99 Å². The predicted molar refractivity (Wildman–Crippen MR) is 103 cm³/mol. The van der Waals surface area contributed by atoms with Gasteiger partial charge in [0.05, 0.1) is 13.0 Å². The minimum absolute atomic E-state index is 0.181. The van der Waals surface area contributed by atoms with E-state index in [1.165, 1.54) is 5.56 Å². The number of rotatable bonds is 7.